The standard InChI is InChI=1S/C17H21ClN2O4/c1-2-3-7-14(17(23)24)19-15(21)13-8-9-20(16(13)22)12-6-4-5-11(18)10-12/h4-6,10,13-14H,2-3,7-9H2,1H3,(H,19,21)(H,23,24). The molecule has 2 atom stereocenters. The first-order valence-corrected chi connectivity index (χ1v) is 8.42. The molecule has 0 saturated carbocycles. The maximum atomic E-state index is 12.5. The lowest BCUT2D eigenvalue weighted by molar-refractivity contribution is -0.143. The van der Waals surface area contributed by atoms with E-state index in [9.17, 15) is 19.5 Å². The molecule has 7 heteroatoms. The van der Waals surface area contributed by atoms with Gasteiger partial charge in [-0.05, 0) is 31.0 Å². The molecule has 1 aliphatic heterocycles. The van der Waals surface area contributed by atoms with Crippen molar-refractivity contribution < 1.29 is 19.5 Å². The molecule has 2 rings (SSSR count). The highest BCUT2D eigenvalue weighted by molar-refractivity contribution is 6.31. The van der Waals surface area contributed by atoms with Crippen LogP contribution in [0.1, 0.15) is 32.6 Å². The van der Waals surface area contributed by atoms with Crippen molar-refractivity contribution in [3.05, 3.63) is 29.3 Å². The maximum Gasteiger partial charge on any atom is 0.326 e. The lowest BCUT2D eigenvalue weighted by atomic mass is 10.1. The van der Waals surface area contributed by atoms with Gasteiger partial charge in [-0.2, -0.15) is 0 Å². The molecule has 0 bridgehead atoms. The van der Waals surface area contributed by atoms with Crippen molar-refractivity contribution in [2.24, 2.45) is 5.92 Å². The first kappa shape index (κ1) is 18.3. The van der Waals surface area contributed by atoms with Crippen LogP contribution in [0.5, 0.6) is 0 Å². The summed E-state index contributed by atoms with van der Waals surface area (Å²) < 4.78 is 0. The molecule has 1 saturated heterocycles. The Kier molecular flexibility index (Phi) is 6.20. The molecule has 24 heavy (non-hydrogen) atoms. The second-order valence-corrected chi connectivity index (χ2v) is 6.29. The molecule has 6 nitrogen and oxygen atoms in total. The number of halogens is 1. The van der Waals surface area contributed by atoms with E-state index in [0.717, 1.165) is 6.42 Å². The third kappa shape index (κ3) is 4.26. The number of nitrogens with one attached hydrogen (secondary N) is 1. The van der Waals surface area contributed by atoms with E-state index in [2.05, 4.69) is 5.32 Å². The van der Waals surface area contributed by atoms with E-state index in [1.165, 1.54) is 4.90 Å². The quantitative estimate of drug-likeness (QED) is 0.738. The number of carboxylic acids is 1. The first-order valence-electron chi connectivity index (χ1n) is 8.04. The molecule has 1 aliphatic rings. The molecular weight excluding hydrogens is 332 g/mol. The first-order chi connectivity index (χ1) is 11.4. The van der Waals surface area contributed by atoms with Crippen LogP contribution >= 0.6 is 11.6 Å². The number of carbonyl (C=O) groups is 3. The van der Waals surface area contributed by atoms with Gasteiger partial charge in [0.25, 0.3) is 0 Å². The van der Waals surface area contributed by atoms with Crippen molar-refractivity contribution in [3.63, 3.8) is 0 Å². The van der Waals surface area contributed by atoms with Crippen LogP contribution in [0.25, 0.3) is 0 Å². The Labute approximate surface area is 145 Å². The Bertz CT molecular complexity index is 635. The van der Waals surface area contributed by atoms with Crippen molar-refractivity contribution in [1.29, 1.82) is 0 Å². The van der Waals surface area contributed by atoms with Crippen LogP contribution in [0.2, 0.25) is 5.02 Å². The summed E-state index contributed by atoms with van der Waals surface area (Å²) in [6.45, 7) is 2.36. The molecule has 0 aromatic heterocycles. The van der Waals surface area contributed by atoms with E-state index in [1.807, 2.05) is 6.92 Å². The number of hydrogen-bond donors (Lipinski definition) is 2. The van der Waals surface area contributed by atoms with Crippen molar-refractivity contribution in [2.75, 3.05) is 11.4 Å². The highest BCUT2D eigenvalue weighted by Crippen LogP contribution is 2.27. The number of unbranched alkanes of at least 4 members (excludes halogenated alkanes) is 1. The van der Waals surface area contributed by atoms with Crippen molar-refractivity contribution in [3.8, 4) is 0 Å². The second kappa shape index (κ2) is 8.15. The summed E-state index contributed by atoms with van der Waals surface area (Å²) in [6.07, 6.45) is 2.25. The number of anilines is 1. The highest BCUT2D eigenvalue weighted by Gasteiger charge is 2.38. The van der Waals surface area contributed by atoms with E-state index in [4.69, 9.17) is 11.6 Å². The summed E-state index contributed by atoms with van der Waals surface area (Å²) in [5.41, 5.74) is 0.642. The van der Waals surface area contributed by atoms with E-state index < -0.39 is 23.8 Å². The highest BCUT2D eigenvalue weighted by atomic mass is 35.5. The molecular formula is C17H21ClN2O4. The molecule has 1 aromatic rings. The number of hydrogen-bond acceptors (Lipinski definition) is 3. The number of nitrogens with zero attached hydrogens (tertiary/aromatic N) is 1. The maximum absolute atomic E-state index is 12.5. The van der Waals surface area contributed by atoms with Gasteiger partial charge in [-0.15, -0.1) is 0 Å². The molecule has 2 unspecified atom stereocenters. The van der Waals surface area contributed by atoms with Gasteiger partial charge >= 0.3 is 5.97 Å². The monoisotopic (exact) mass is 352 g/mol. The lowest BCUT2D eigenvalue weighted by Gasteiger charge is -2.18. The van der Waals surface area contributed by atoms with Gasteiger partial charge in [0.05, 0.1) is 0 Å². The van der Waals surface area contributed by atoms with Crippen LogP contribution in [0.4, 0.5) is 5.69 Å². The fourth-order valence-electron chi connectivity index (χ4n) is 2.76. The van der Waals surface area contributed by atoms with Crippen LogP contribution < -0.4 is 10.2 Å². The molecule has 0 aliphatic carbocycles. The number of aliphatic carboxylic acids is 1. The Balaban J connectivity index is 2.03. The Morgan fingerprint density at radius 2 is 2.21 bits per heavy atom. The fraction of sp³-hybridized carbons (Fsp3) is 0.471. The minimum Gasteiger partial charge on any atom is -0.480 e. The Hall–Kier alpha value is -2.08. The molecule has 1 heterocycles. The fourth-order valence-corrected chi connectivity index (χ4v) is 2.95. The molecule has 0 spiro atoms. The minimum atomic E-state index is -1.08. The summed E-state index contributed by atoms with van der Waals surface area (Å²) in [6, 6.07) is 5.92. The third-order valence-corrected chi connectivity index (χ3v) is 4.34. The number of amides is 2. The average Bonchev–Trinajstić information content (AvgIpc) is 2.92. The molecule has 2 amide bonds. The predicted molar refractivity (Wildman–Crippen MR) is 91.0 cm³/mol. The molecule has 130 valence electrons. The van der Waals surface area contributed by atoms with E-state index in [1.54, 1.807) is 24.3 Å². The van der Waals surface area contributed by atoms with Crippen LogP contribution in [-0.2, 0) is 14.4 Å². The van der Waals surface area contributed by atoms with E-state index >= 15 is 0 Å². The van der Waals surface area contributed by atoms with E-state index in [0.29, 0.717) is 36.5 Å². The average molecular weight is 353 g/mol. The SMILES string of the molecule is CCCCC(NC(=O)C1CCN(c2cccc(Cl)c2)C1=O)C(=O)O. The van der Waals surface area contributed by atoms with Gasteiger partial charge in [-0.25, -0.2) is 4.79 Å². The summed E-state index contributed by atoms with van der Waals surface area (Å²) >= 11 is 5.94. The predicted octanol–water partition coefficient (Wildman–Crippen LogP) is 2.45. The van der Waals surface area contributed by atoms with E-state index in [-0.39, 0.29) is 5.91 Å². The third-order valence-electron chi connectivity index (χ3n) is 4.10. The van der Waals surface area contributed by atoms with Gasteiger partial charge < -0.3 is 15.3 Å². The zero-order chi connectivity index (χ0) is 17.7. The van der Waals surface area contributed by atoms with Gasteiger partial charge in [-0.3, -0.25) is 9.59 Å². The van der Waals surface area contributed by atoms with Crippen LogP contribution in [-0.4, -0.2) is 35.5 Å². The molecule has 1 aromatic carbocycles. The summed E-state index contributed by atoms with van der Waals surface area (Å²) in [7, 11) is 0. The largest absolute Gasteiger partial charge is 0.480 e. The van der Waals surface area contributed by atoms with Gasteiger partial charge in [0.2, 0.25) is 11.8 Å². The normalized spacial score (nSPS) is 18.5. The van der Waals surface area contributed by atoms with Gasteiger partial charge in [0.1, 0.15) is 12.0 Å². The summed E-state index contributed by atoms with van der Waals surface area (Å²) in [5.74, 6) is -2.77. The number of rotatable bonds is 7. The molecule has 2 N–H and O–H groups in total. The number of carboxylic acid groups (broad SMARTS) is 1. The van der Waals surface area contributed by atoms with Crippen molar-refractivity contribution in [1.82, 2.24) is 5.32 Å². The zero-order valence-corrected chi connectivity index (χ0v) is 14.3. The van der Waals surface area contributed by atoms with Crippen molar-refractivity contribution in [2.45, 2.75) is 38.6 Å². The number of benzene rings is 1. The molecule has 0 radical (unpaired) electrons. The van der Waals surface area contributed by atoms with Gasteiger partial charge in [0.15, 0.2) is 0 Å². The lowest BCUT2D eigenvalue weighted by Crippen LogP contribution is -2.45. The van der Waals surface area contributed by atoms with Crippen LogP contribution in [0.15, 0.2) is 24.3 Å². The topological polar surface area (TPSA) is 86.7 Å². The smallest absolute Gasteiger partial charge is 0.326 e. The van der Waals surface area contributed by atoms with Crippen LogP contribution in [0, 0.1) is 5.92 Å². The van der Waals surface area contributed by atoms with Gasteiger partial charge in [0, 0.05) is 17.3 Å². The van der Waals surface area contributed by atoms with Crippen LogP contribution in [0.3, 0.4) is 0 Å². The summed E-state index contributed by atoms with van der Waals surface area (Å²) in [5, 5.41) is 12.2. The van der Waals surface area contributed by atoms with Crippen molar-refractivity contribution >= 4 is 35.1 Å². The minimum absolute atomic E-state index is 0.325. The second-order valence-electron chi connectivity index (χ2n) is 5.85. The summed E-state index contributed by atoms with van der Waals surface area (Å²) in [4.78, 5) is 37.6. The Morgan fingerprint density at radius 3 is 2.83 bits per heavy atom. The zero-order valence-electron chi connectivity index (χ0n) is 13.5. The molecule has 1 fully saturated rings. The Morgan fingerprint density at radius 1 is 1.46 bits per heavy atom. The number of carbonyl (C=O) groups excluding carboxylic acids is 2. The van der Waals surface area contributed by atoms with Gasteiger partial charge in [-0.1, -0.05) is 37.4 Å².